The average Bonchev–Trinajstić information content (AvgIpc) is 3.11. The largest absolute Gasteiger partial charge is 0.385 e. The van der Waals surface area contributed by atoms with Gasteiger partial charge in [0.25, 0.3) is 5.56 Å². The second kappa shape index (κ2) is 11.4. The van der Waals surface area contributed by atoms with Crippen LogP contribution in [0.1, 0.15) is 41.3 Å². The van der Waals surface area contributed by atoms with Gasteiger partial charge in [-0.1, -0.05) is 67.9 Å². The summed E-state index contributed by atoms with van der Waals surface area (Å²) < 4.78 is 7.53. The number of nitriles is 1. The van der Waals surface area contributed by atoms with Crippen molar-refractivity contribution in [3.05, 3.63) is 90.8 Å². The number of methoxy groups -OCH3 is 1. The van der Waals surface area contributed by atoms with Gasteiger partial charge < -0.3 is 4.74 Å². The molecule has 0 unspecified atom stereocenters. The number of hydrogen-bond donors (Lipinski definition) is 0. The second-order valence-corrected chi connectivity index (χ2v) is 8.42. The quantitative estimate of drug-likeness (QED) is 0.374. The summed E-state index contributed by atoms with van der Waals surface area (Å²) in [6.45, 7) is 2.95. The van der Waals surface area contributed by atoms with Crippen molar-refractivity contribution in [1.82, 2.24) is 4.57 Å². The van der Waals surface area contributed by atoms with Crippen LogP contribution in [-0.2, 0) is 17.7 Å². The highest BCUT2D eigenvalue weighted by atomic mass is 32.1. The minimum absolute atomic E-state index is 0.0135. The van der Waals surface area contributed by atoms with Gasteiger partial charge in [0, 0.05) is 25.8 Å². The van der Waals surface area contributed by atoms with Crippen molar-refractivity contribution in [2.24, 2.45) is 0 Å². The maximum Gasteiger partial charge on any atom is 0.269 e. The summed E-state index contributed by atoms with van der Waals surface area (Å²) in [5.74, 6) is -0.372. The molecule has 32 heavy (non-hydrogen) atoms. The van der Waals surface area contributed by atoms with Crippen molar-refractivity contribution in [3.8, 4) is 6.07 Å². The fourth-order valence-electron chi connectivity index (χ4n) is 3.43. The predicted octanol–water partition coefficient (Wildman–Crippen LogP) is 3.28. The zero-order chi connectivity index (χ0) is 22.9. The van der Waals surface area contributed by atoms with E-state index in [1.54, 1.807) is 25.3 Å². The standard InChI is InChI=1S/C26H26N2O3S/c1-3-8-19-11-13-21(14-12-19)24(29)22(18-27)26-28(15-7-16-31-2)25(30)23(32-26)17-20-9-5-4-6-10-20/h4-6,9-14,17H,3,7-8,15-16H2,1-2H3/b23-17-,26-22-. The van der Waals surface area contributed by atoms with E-state index < -0.39 is 0 Å². The van der Waals surface area contributed by atoms with Crippen LogP contribution in [0.2, 0.25) is 0 Å². The number of hydrogen-bond acceptors (Lipinski definition) is 5. The molecule has 0 radical (unpaired) electrons. The molecule has 0 atom stereocenters. The molecule has 0 aliphatic carbocycles. The Balaban J connectivity index is 2.15. The number of aromatic nitrogens is 1. The molecule has 0 aliphatic rings. The molecule has 0 fully saturated rings. The molecule has 0 aliphatic heterocycles. The first-order valence-corrected chi connectivity index (χ1v) is 11.4. The monoisotopic (exact) mass is 446 g/mol. The van der Waals surface area contributed by atoms with E-state index in [0.29, 0.717) is 34.3 Å². The number of thiazole rings is 1. The zero-order valence-corrected chi connectivity index (χ0v) is 19.2. The fraction of sp³-hybridized carbons (Fsp3) is 0.269. The molecule has 5 nitrogen and oxygen atoms in total. The molecule has 0 bridgehead atoms. The number of ketones is 1. The Morgan fingerprint density at radius 3 is 2.50 bits per heavy atom. The number of aryl methyl sites for hydroxylation is 1. The van der Waals surface area contributed by atoms with Gasteiger partial charge >= 0.3 is 0 Å². The third kappa shape index (κ3) is 5.50. The maximum atomic E-state index is 13.2. The first-order valence-electron chi connectivity index (χ1n) is 10.6. The van der Waals surface area contributed by atoms with E-state index in [2.05, 4.69) is 13.0 Å². The van der Waals surface area contributed by atoms with Crippen LogP contribution in [0.5, 0.6) is 0 Å². The molecule has 0 saturated heterocycles. The van der Waals surface area contributed by atoms with E-state index in [1.165, 1.54) is 15.9 Å². The summed E-state index contributed by atoms with van der Waals surface area (Å²) in [7, 11) is 1.60. The molecule has 0 N–H and O–H groups in total. The lowest BCUT2D eigenvalue weighted by atomic mass is 10.0. The van der Waals surface area contributed by atoms with Crippen LogP contribution in [-0.4, -0.2) is 24.1 Å². The van der Waals surface area contributed by atoms with Crippen LogP contribution >= 0.6 is 11.3 Å². The Labute approximate surface area is 191 Å². The van der Waals surface area contributed by atoms with Gasteiger partial charge in [-0.25, -0.2) is 0 Å². The normalized spacial score (nSPS) is 12.5. The minimum atomic E-state index is -0.372. The van der Waals surface area contributed by atoms with Crippen molar-refractivity contribution >= 4 is 28.8 Å². The molecular formula is C26H26N2O3S. The fourth-order valence-corrected chi connectivity index (χ4v) is 4.55. The summed E-state index contributed by atoms with van der Waals surface area (Å²) in [6.07, 6.45) is 4.35. The van der Waals surface area contributed by atoms with Gasteiger partial charge in [-0.3, -0.25) is 14.2 Å². The van der Waals surface area contributed by atoms with Crippen LogP contribution in [0.15, 0.2) is 59.4 Å². The number of nitrogens with zero attached hydrogens (tertiary/aromatic N) is 2. The summed E-state index contributed by atoms with van der Waals surface area (Å²) in [4.78, 5) is 26.4. The lowest BCUT2D eigenvalue weighted by Crippen LogP contribution is -2.33. The molecule has 6 heteroatoms. The SMILES string of the molecule is CCCc1ccc(C(=O)/C(C#N)=c2\s/c(=C\c3ccccc3)c(=O)n2CCCOC)cc1. The molecule has 0 amide bonds. The second-order valence-electron chi connectivity index (χ2n) is 7.39. The molecule has 0 saturated carbocycles. The molecule has 3 aromatic rings. The van der Waals surface area contributed by atoms with Gasteiger partial charge in [-0.05, 0) is 30.0 Å². The Hall–Kier alpha value is -3.27. The number of benzene rings is 2. The first kappa shape index (κ1) is 23.4. The number of ether oxygens (including phenoxy) is 1. The molecule has 1 aromatic heterocycles. The number of Topliss-reactive ketones (excluding diaryl/α,β-unsaturated/α-hetero) is 1. The van der Waals surface area contributed by atoms with Gasteiger partial charge in [0.05, 0.1) is 4.53 Å². The van der Waals surface area contributed by atoms with Gasteiger partial charge in [0.1, 0.15) is 16.3 Å². The van der Waals surface area contributed by atoms with E-state index in [-0.39, 0.29) is 16.9 Å². The maximum absolute atomic E-state index is 13.2. The molecule has 164 valence electrons. The van der Waals surface area contributed by atoms with Crippen LogP contribution in [0.25, 0.3) is 11.6 Å². The number of rotatable bonds is 9. The van der Waals surface area contributed by atoms with Gasteiger partial charge in [-0.15, -0.1) is 11.3 Å². The smallest absolute Gasteiger partial charge is 0.269 e. The van der Waals surface area contributed by atoms with Crippen molar-refractivity contribution in [1.29, 1.82) is 5.26 Å². The Kier molecular flexibility index (Phi) is 8.32. The minimum Gasteiger partial charge on any atom is -0.385 e. The summed E-state index contributed by atoms with van der Waals surface area (Å²) >= 11 is 1.18. The Morgan fingerprint density at radius 2 is 1.88 bits per heavy atom. The van der Waals surface area contributed by atoms with Crippen LogP contribution in [0.4, 0.5) is 0 Å². The van der Waals surface area contributed by atoms with Crippen LogP contribution in [0.3, 0.4) is 0 Å². The third-order valence-corrected chi connectivity index (χ3v) is 6.17. The van der Waals surface area contributed by atoms with Gasteiger partial charge in [-0.2, -0.15) is 5.26 Å². The number of carbonyl (C=O) groups excluding carboxylic acids is 1. The van der Waals surface area contributed by atoms with E-state index >= 15 is 0 Å². The molecule has 1 heterocycles. The van der Waals surface area contributed by atoms with Gasteiger partial charge in [0.15, 0.2) is 0 Å². The highest BCUT2D eigenvalue weighted by molar-refractivity contribution is 7.07. The topological polar surface area (TPSA) is 72.1 Å². The van der Waals surface area contributed by atoms with Crippen LogP contribution in [0, 0.1) is 11.3 Å². The lowest BCUT2D eigenvalue weighted by Gasteiger charge is -2.04. The van der Waals surface area contributed by atoms with Crippen molar-refractivity contribution < 1.29 is 9.53 Å². The van der Waals surface area contributed by atoms with E-state index in [4.69, 9.17) is 4.74 Å². The van der Waals surface area contributed by atoms with Crippen molar-refractivity contribution in [3.63, 3.8) is 0 Å². The van der Waals surface area contributed by atoms with E-state index in [0.717, 1.165) is 24.0 Å². The average molecular weight is 447 g/mol. The van der Waals surface area contributed by atoms with Gasteiger partial charge in [0.2, 0.25) is 5.78 Å². The van der Waals surface area contributed by atoms with E-state index in [1.807, 2.05) is 42.5 Å². The van der Waals surface area contributed by atoms with Crippen molar-refractivity contribution in [2.45, 2.75) is 32.7 Å². The van der Waals surface area contributed by atoms with Crippen molar-refractivity contribution in [2.75, 3.05) is 13.7 Å². The predicted molar refractivity (Wildman–Crippen MR) is 128 cm³/mol. The number of carbonyl (C=O) groups is 1. The summed E-state index contributed by atoms with van der Waals surface area (Å²) in [5.41, 5.74) is 2.26. The molecule has 3 rings (SSSR count). The molecule has 0 spiro atoms. The highest BCUT2D eigenvalue weighted by Gasteiger charge is 2.17. The Morgan fingerprint density at radius 1 is 1.16 bits per heavy atom. The lowest BCUT2D eigenvalue weighted by molar-refractivity contribution is 0.105. The zero-order valence-electron chi connectivity index (χ0n) is 18.3. The summed E-state index contributed by atoms with van der Waals surface area (Å²) in [5, 5.41) is 9.88. The molecule has 2 aromatic carbocycles. The molecular weight excluding hydrogens is 420 g/mol. The van der Waals surface area contributed by atoms with Crippen LogP contribution < -0.4 is 14.8 Å². The third-order valence-electron chi connectivity index (χ3n) is 5.04. The summed E-state index contributed by atoms with van der Waals surface area (Å²) in [6, 6.07) is 18.9. The highest BCUT2D eigenvalue weighted by Crippen LogP contribution is 2.12. The first-order chi connectivity index (χ1) is 15.6. The van der Waals surface area contributed by atoms with E-state index in [9.17, 15) is 14.9 Å². The Bertz CT molecular complexity index is 1280.